The van der Waals surface area contributed by atoms with Gasteiger partial charge in [-0.15, -0.1) is 11.3 Å². The van der Waals surface area contributed by atoms with Crippen LogP contribution in [-0.4, -0.2) is 4.57 Å². The van der Waals surface area contributed by atoms with E-state index in [9.17, 15) is 0 Å². The van der Waals surface area contributed by atoms with Crippen LogP contribution in [0.15, 0.2) is 211 Å². The summed E-state index contributed by atoms with van der Waals surface area (Å²) in [6, 6.07) is 74.2. The molecule has 1 aliphatic heterocycles. The molecule has 1 fully saturated rings. The van der Waals surface area contributed by atoms with Crippen molar-refractivity contribution in [1.82, 2.24) is 20.5 Å². The molecule has 3 aromatic heterocycles. The van der Waals surface area contributed by atoms with Crippen LogP contribution in [0.3, 0.4) is 0 Å². The van der Waals surface area contributed by atoms with Crippen molar-refractivity contribution in [1.29, 1.82) is 0 Å². The van der Waals surface area contributed by atoms with Gasteiger partial charge in [-0.25, -0.2) is 0 Å². The average molecular weight is 829 g/mol. The number of thiophene rings is 1. The largest absolute Gasteiger partial charge is 0.455 e. The molecular weight excluding hydrogens is 789 g/mol. The van der Waals surface area contributed by atoms with E-state index in [0.717, 1.165) is 27.6 Å². The molecule has 0 aliphatic carbocycles. The Kier molecular flexibility index (Phi) is 8.46. The van der Waals surface area contributed by atoms with Crippen LogP contribution in [0.2, 0.25) is 0 Å². The molecule has 1 aliphatic rings. The van der Waals surface area contributed by atoms with Gasteiger partial charge < -0.3 is 8.98 Å². The smallest absolute Gasteiger partial charge is 0.153 e. The van der Waals surface area contributed by atoms with Crippen LogP contribution in [0.5, 0.6) is 0 Å². The summed E-state index contributed by atoms with van der Waals surface area (Å²) in [6.07, 6.45) is -0.611. The second-order valence-electron chi connectivity index (χ2n) is 16.5. The highest BCUT2D eigenvalue weighted by Crippen LogP contribution is 2.46. The highest BCUT2D eigenvalue weighted by Gasteiger charge is 2.33. The van der Waals surface area contributed by atoms with Gasteiger partial charge in [-0.1, -0.05) is 170 Å². The highest BCUT2D eigenvalue weighted by molar-refractivity contribution is 7.26. The summed E-state index contributed by atoms with van der Waals surface area (Å²) < 4.78 is 11.7. The first kappa shape index (κ1) is 36.3. The summed E-state index contributed by atoms with van der Waals surface area (Å²) >= 11 is 1.83. The monoisotopic (exact) mass is 828 g/mol. The Balaban J connectivity index is 0.979. The lowest BCUT2D eigenvalue weighted by atomic mass is 9.98. The lowest BCUT2D eigenvalue weighted by molar-refractivity contribution is 0.204. The molecular formula is C57H40N4OS. The molecule has 300 valence electrons. The normalized spacial score (nSPS) is 16.9. The highest BCUT2D eigenvalue weighted by atomic mass is 32.1. The fraction of sp³-hybridized carbons (Fsp3) is 0.0526. The molecule has 0 radical (unpaired) electrons. The van der Waals surface area contributed by atoms with Gasteiger partial charge in [0.05, 0.1) is 39.9 Å². The van der Waals surface area contributed by atoms with Gasteiger partial charge in [-0.3, -0.25) is 16.0 Å². The van der Waals surface area contributed by atoms with Gasteiger partial charge in [0.1, 0.15) is 5.58 Å². The third kappa shape index (κ3) is 5.88. The van der Waals surface area contributed by atoms with E-state index in [0.29, 0.717) is 0 Å². The molecule has 3 N–H and O–H groups in total. The lowest BCUT2D eigenvalue weighted by Gasteiger charge is -2.40. The Hall–Kier alpha value is -7.32. The van der Waals surface area contributed by atoms with Gasteiger partial charge in [-0.2, -0.15) is 0 Å². The van der Waals surface area contributed by atoms with E-state index >= 15 is 0 Å². The Morgan fingerprint density at radius 2 is 0.984 bits per heavy atom. The third-order valence-electron chi connectivity index (χ3n) is 13.0. The van der Waals surface area contributed by atoms with Crippen molar-refractivity contribution in [3.05, 3.63) is 223 Å². The second kappa shape index (κ2) is 14.7. The van der Waals surface area contributed by atoms with Gasteiger partial charge in [0.2, 0.25) is 0 Å². The number of furan rings is 1. The number of aromatic nitrogens is 1. The van der Waals surface area contributed by atoms with Crippen molar-refractivity contribution in [2.75, 3.05) is 0 Å². The van der Waals surface area contributed by atoms with Gasteiger partial charge in [-0.05, 0) is 64.2 Å². The van der Waals surface area contributed by atoms with Gasteiger partial charge >= 0.3 is 0 Å². The number of benzene rings is 9. The van der Waals surface area contributed by atoms with Crippen LogP contribution < -0.4 is 16.0 Å². The maximum atomic E-state index is 6.82. The Morgan fingerprint density at radius 3 is 1.78 bits per heavy atom. The lowest BCUT2D eigenvalue weighted by Crippen LogP contribution is -2.54. The maximum absolute atomic E-state index is 6.82. The predicted molar refractivity (Wildman–Crippen MR) is 262 cm³/mol. The van der Waals surface area contributed by atoms with Crippen LogP contribution >= 0.6 is 11.3 Å². The van der Waals surface area contributed by atoms with E-state index in [-0.39, 0.29) is 18.5 Å². The number of nitrogens with one attached hydrogen (secondary N) is 3. The first-order valence-electron chi connectivity index (χ1n) is 21.6. The minimum absolute atomic E-state index is 0.181. The van der Waals surface area contributed by atoms with Crippen LogP contribution in [0.25, 0.3) is 91.9 Å². The molecule has 13 rings (SSSR count). The Labute approximate surface area is 367 Å². The summed E-state index contributed by atoms with van der Waals surface area (Å²) in [5.41, 5.74) is 13.7. The number of hydrogen-bond donors (Lipinski definition) is 3. The zero-order chi connectivity index (χ0) is 41.4. The van der Waals surface area contributed by atoms with Gasteiger partial charge in [0, 0.05) is 48.1 Å². The Morgan fingerprint density at radius 1 is 0.413 bits per heavy atom. The van der Waals surface area contributed by atoms with Crippen LogP contribution in [0.1, 0.15) is 35.2 Å². The molecule has 3 atom stereocenters. The molecule has 3 unspecified atom stereocenters. The first-order chi connectivity index (χ1) is 31.2. The zero-order valence-corrected chi connectivity index (χ0v) is 34.9. The molecule has 4 heterocycles. The standard InChI is InChI=1S/C57H40N4OS/c1-3-16-35(17-4-1)37-20-13-21-38(34-37)55-58-56(44-24-9-12-30-49(44)61-47-28-10-7-22-40(47)41-23-8-11-29-48(41)61)60-57(59-55)46-27-14-26-42-43-32-33-45-51-39(36-18-5-2-6-19-36)25-15-31-50(51)62-52(45)54(43)63-53(42)46/h1-34,55-60H. The summed E-state index contributed by atoms with van der Waals surface area (Å²) in [5, 5.41) is 19.4. The number of nitrogens with zero attached hydrogens (tertiary/aromatic N) is 1. The quantitative estimate of drug-likeness (QED) is 0.156. The minimum Gasteiger partial charge on any atom is -0.455 e. The van der Waals surface area contributed by atoms with Crippen molar-refractivity contribution in [3.63, 3.8) is 0 Å². The molecule has 0 bridgehead atoms. The summed E-state index contributed by atoms with van der Waals surface area (Å²) in [7, 11) is 0. The molecule has 9 aromatic carbocycles. The van der Waals surface area contributed by atoms with E-state index < -0.39 is 0 Å². The Bertz CT molecular complexity index is 3650. The van der Waals surface area contributed by atoms with E-state index in [1.54, 1.807) is 0 Å². The molecule has 0 spiro atoms. The second-order valence-corrected chi connectivity index (χ2v) is 17.5. The zero-order valence-electron chi connectivity index (χ0n) is 34.1. The average Bonchev–Trinajstić information content (AvgIpc) is 4.04. The molecule has 0 amide bonds. The minimum atomic E-state index is -0.221. The fourth-order valence-electron chi connectivity index (χ4n) is 10.1. The molecule has 6 heteroatoms. The summed E-state index contributed by atoms with van der Waals surface area (Å²) in [5.74, 6) is 0. The third-order valence-corrected chi connectivity index (χ3v) is 14.2. The maximum Gasteiger partial charge on any atom is 0.153 e. The number of hydrogen-bond acceptors (Lipinski definition) is 5. The molecule has 0 saturated carbocycles. The van der Waals surface area contributed by atoms with Crippen molar-refractivity contribution in [2.45, 2.75) is 18.5 Å². The van der Waals surface area contributed by atoms with Crippen molar-refractivity contribution in [2.24, 2.45) is 0 Å². The van der Waals surface area contributed by atoms with Gasteiger partial charge in [0.25, 0.3) is 0 Å². The molecule has 1 saturated heterocycles. The molecule has 5 nitrogen and oxygen atoms in total. The van der Waals surface area contributed by atoms with Crippen molar-refractivity contribution < 1.29 is 4.42 Å². The number of para-hydroxylation sites is 3. The topological polar surface area (TPSA) is 54.2 Å². The summed E-state index contributed by atoms with van der Waals surface area (Å²) in [6.45, 7) is 0. The van der Waals surface area contributed by atoms with E-state index in [2.05, 4.69) is 227 Å². The number of fused-ring (bicyclic) bond motifs is 10. The number of rotatable bonds is 6. The first-order valence-corrected chi connectivity index (χ1v) is 22.4. The van der Waals surface area contributed by atoms with Crippen molar-refractivity contribution in [3.8, 4) is 27.9 Å². The van der Waals surface area contributed by atoms with Crippen LogP contribution in [0, 0.1) is 0 Å². The SMILES string of the molecule is c1ccc(-c2cccc(C3NC(c4ccccc4-n4c5ccccc5c5ccccc54)NC(c4cccc5c4sc4c5ccc5c4oc4cccc(-c6ccccc6)c45)N3)c2)cc1. The van der Waals surface area contributed by atoms with E-state index in [1.807, 2.05) is 11.3 Å². The molecule has 12 aromatic rings. The van der Waals surface area contributed by atoms with E-state index in [1.165, 1.54) is 80.9 Å². The van der Waals surface area contributed by atoms with Crippen LogP contribution in [-0.2, 0) is 0 Å². The predicted octanol–water partition coefficient (Wildman–Crippen LogP) is 14.6. The summed E-state index contributed by atoms with van der Waals surface area (Å²) in [4.78, 5) is 0. The van der Waals surface area contributed by atoms with Gasteiger partial charge in [0.15, 0.2) is 5.58 Å². The van der Waals surface area contributed by atoms with E-state index in [4.69, 9.17) is 4.42 Å². The van der Waals surface area contributed by atoms with Crippen molar-refractivity contribution >= 4 is 75.3 Å². The fourth-order valence-corrected chi connectivity index (χ4v) is 11.4. The van der Waals surface area contributed by atoms with Crippen LogP contribution in [0.4, 0.5) is 0 Å². The molecule has 63 heavy (non-hydrogen) atoms.